The van der Waals surface area contributed by atoms with Crippen molar-refractivity contribution >= 4 is 40.6 Å². The van der Waals surface area contributed by atoms with Gasteiger partial charge in [0.05, 0.1) is 16.8 Å². The van der Waals surface area contributed by atoms with E-state index in [2.05, 4.69) is 9.97 Å². The Morgan fingerprint density at radius 2 is 1.94 bits per heavy atom. The molecule has 10 heteroatoms. The summed E-state index contributed by atoms with van der Waals surface area (Å²) in [6, 6.07) is 18.3. The van der Waals surface area contributed by atoms with Crippen molar-refractivity contribution in [2.24, 2.45) is 7.05 Å². The topological polar surface area (TPSA) is 107 Å². The maximum Gasteiger partial charge on any atom is 0.269 e. The molecule has 1 amide bonds. The van der Waals surface area contributed by atoms with Crippen molar-refractivity contribution in [3.8, 4) is 11.3 Å². The first-order chi connectivity index (χ1) is 17.4. The molecule has 0 N–H and O–H groups in total. The number of carbonyl (C=O) groups excluding carboxylic acids is 1. The second-order valence-electron chi connectivity index (χ2n) is 8.19. The number of nitro groups is 1. The zero-order valence-electron chi connectivity index (χ0n) is 19.1. The number of pyridine rings is 1. The molecule has 0 radical (unpaired) electrons. The Labute approximate surface area is 210 Å². The van der Waals surface area contributed by atoms with Crippen LogP contribution in [0.2, 0.25) is 5.02 Å². The Hall–Kier alpha value is -4.50. The van der Waals surface area contributed by atoms with Crippen LogP contribution in [0.1, 0.15) is 17.6 Å². The summed E-state index contributed by atoms with van der Waals surface area (Å²) < 4.78 is 7.86. The Balaban J connectivity index is 1.58. The lowest BCUT2D eigenvalue weighted by atomic mass is 10.1. The SMILES string of the molecule is Cn1c(-c2ccc([N+](=O)[O-])cc2)cnc1[C@H](Cc1ccccn1)N(C=O)c1cc2cc(Cl)ccc2o1. The van der Waals surface area contributed by atoms with Gasteiger partial charge in [0, 0.05) is 59.5 Å². The van der Waals surface area contributed by atoms with E-state index < -0.39 is 11.0 Å². The van der Waals surface area contributed by atoms with Crippen LogP contribution in [0.3, 0.4) is 0 Å². The fourth-order valence-electron chi connectivity index (χ4n) is 4.19. The van der Waals surface area contributed by atoms with Crippen LogP contribution < -0.4 is 4.90 Å². The summed E-state index contributed by atoms with van der Waals surface area (Å²) in [6.07, 6.45) is 4.47. The first-order valence-electron chi connectivity index (χ1n) is 11.0. The van der Waals surface area contributed by atoms with Crippen molar-refractivity contribution in [2.45, 2.75) is 12.5 Å². The van der Waals surface area contributed by atoms with Crippen molar-refractivity contribution in [1.29, 1.82) is 0 Å². The third kappa shape index (κ3) is 4.44. The Morgan fingerprint density at radius 3 is 2.64 bits per heavy atom. The summed E-state index contributed by atoms with van der Waals surface area (Å²) in [5.41, 5.74) is 2.88. The lowest BCUT2D eigenvalue weighted by Gasteiger charge is -2.26. The van der Waals surface area contributed by atoms with Crippen molar-refractivity contribution in [3.63, 3.8) is 0 Å². The number of aromatic nitrogens is 3. The fraction of sp³-hybridized carbons (Fsp3) is 0.115. The average molecular weight is 502 g/mol. The number of hydrogen-bond donors (Lipinski definition) is 0. The molecule has 3 heterocycles. The van der Waals surface area contributed by atoms with E-state index in [-0.39, 0.29) is 5.69 Å². The summed E-state index contributed by atoms with van der Waals surface area (Å²) in [7, 11) is 1.84. The molecular weight excluding hydrogens is 482 g/mol. The Morgan fingerprint density at radius 1 is 1.14 bits per heavy atom. The number of furan rings is 1. The average Bonchev–Trinajstić information content (AvgIpc) is 3.47. The first kappa shape index (κ1) is 23.3. The molecular formula is C26H20ClN5O4. The van der Waals surface area contributed by atoms with Crippen LogP contribution in [0.25, 0.3) is 22.2 Å². The highest BCUT2D eigenvalue weighted by atomic mass is 35.5. The van der Waals surface area contributed by atoms with E-state index in [1.165, 1.54) is 17.0 Å². The van der Waals surface area contributed by atoms with Crippen LogP contribution in [0.5, 0.6) is 0 Å². The number of amides is 1. The number of hydrogen-bond acceptors (Lipinski definition) is 6. The zero-order chi connectivity index (χ0) is 25.2. The van der Waals surface area contributed by atoms with Gasteiger partial charge >= 0.3 is 0 Å². The van der Waals surface area contributed by atoms with Gasteiger partial charge in [-0.2, -0.15) is 0 Å². The van der Waals surface area contributed by atoms with E-state index in [1.54, 1.807) is 48.8 Å². The third-order valence-electron chi connectivity index (χ3n) is 5.99. The predicted molar refractivity (Wildman–Crippen MR) is 136 cm³/mol. The maximum atomic E-state index is 12.5. The number of benzene rings is 2. The van der Waals surface area contributed by atoms with Gasteiger partial charge < -0.3 is 8.98 Å². The molecule has 36 heavy (non-hydrogen) atoms. The van der Waals surface area contributed by atoms with Gasteiger partial charge in [-0.15, -0.1) is 0 Å². The van der Waals surface area contributed by atoms with E-state index in [0.29, 0.717) is 35.1 Å². The first-order valence-corrected chi connectivity index (χ1v) is 11.4. The molecule has 0 saturated carbocycles. The number of non-ortho nitro benzene ring substituents is 1. The quantitative estimate of drug-likeness (QED) is 0.152. The minimum atomic E-state index is -0.551. The number of fused-ring (bicyclic) bond motifs is 1. The molecule has 5 aromatic rings. The molecule has 0 spiro atoms. The molecule has 0 saturated heterocycles. The van der Waals surface area contributed by atoms with Crippen molar-refractivity contribution < 1.29 is 14.1 Å². The van der Waals surface area contributed by atoms with Crippen LogP contribution >= 0.6 is 11.6 Å². The minimum absolute atomic E-state index is 0.00582. The van der Waals surface area contributed by atoms with E-state index in [4.69, 9.17) is 16.0 Å². The molecule has 0 unspecified atom stereocenters. The second-order valence-corrected chi connectivity index (χ2v) is 8.62. The number of anilines is 1. The van der Waals surface area contributed by atoms with Crippen LogP contribution in [-0.4, -0.2) is 25.9 Å². The summed E-state index contributed by atoms with van der Waals surface area (Å²) in [5.74, 6) is 0.947. The van der Waals surface area contributed by atoms with Gasteiger partial charge in [-0.25, -0.2) is 4.98 Å². The Bertz CT molecular complexity index is 1550. The van der Waals surface area contributed by atoms with Gasteiger partial charge in [-0.05, 0) is 42.5 Å². The smallest absolute Gasteiger partial charge is 0.269 e. The molecule has 9 nitrogen and oxygen atoms in total. The number of rotatable bonds is 8. The second kappa shape index (κ2) is 9.63. The van der Waals surface area contributed by atoms with Crippen molar-refractivity contribution in [1.82, 2.24) is 14.5 Å². The van der Waals surface area contributed by atoms with E-state index in [0.717, 1.165) is 22.3 Å². The minimum Gasteiger partial charge on any atom is -0.440 e. The molecule has 0 aliphatic rings. The van der Waals surface area contributed by atoms with Gasteiger partial charge in [0.25, 0.3) is 5.69 Å². The van der Waals surface area contributed by atoms with E-state index in [1.807, 2.05) is 29.8 Å². The lowest BCUT2D eigenvalue weighted by molar-refractivity contribution is -0.384. The molecule has 0 aliphatic carbocycles. The Kier molecular flexibility index (Phi) is 6.22. The normalized spacial score (nSPS) is 11.9. The molecule has 2 aromatic carbocycles. The van der Waals surface area contributed by atoms with E-state index in [9.17, 15) is 14.9 Å². The van der Waals surface area contributed by atoms with Gasteiger partial charge in [0.1, 0.15) is 17.4 Å². The number of halogens is 1. The van der Waals surface area contributed by atoms with Crippen LogP contribution in [0, 0.1) is 10.1 Å². The molecule has 5 rings (SSSR count). The number of nitro benzene ring substituents is 1. The summed E-state index contributed by atoms with van der Waals surface area (Å²) >= 11 is 6.13. The van der Waals surface area contributed by atoms with Crippen molar-refractivity contribution in [3.05, 3.63) is 106 Å². The monoisotopic (exact) mass is 501 g/mol. The van der Waals surface area contributed by atoms with E-state index >= 15 is 0 Å². The number of imidazole rings is 1. The lowest BCUT2D eigenvalue weighted by Crippen LogP contribution is -2.31. The molecule has 0 bridgehead atoms. The van der Waals surface area contributed by atoms with Gasteiger partial charge in [-0.3, -0.25) is 24.8 Å². The molecule has 0 aliphatic heterocycles. The molecule has 180 valence electrons. The number of nitrogens with zero attached hydrogens (tertiary/aromatic N) is 5. The molecule has 1 atom stereocenters. The third-order valence-corrected chi connectivity index (χ3v) is 6.23. The van der Waals surface area contributed by atoms with Crippen LogP contribution in [0.15, 0.2) is 83.5 Å². The van der Waals surface area contributed by atoms with Gasteiger partial charge in [-0.1, -0.05) is 17.7 Å². The zero-order valence-corrected chi connectivity index (χ0v) is 19.9. The standard InChI is InChI=1S/C26H20ClN5O4/c1-30-23(17-5-8-21(9-6-17)32(34)35)15-29-26(30)22(14-20-4-2-3-11-28-20)31(16-33)25-13-18-12-19(27)7-10-24(18)36-25/h2-13,15-16,22H,14H2,1H3/t22-/m0/s1. The molecule has 3 aromatic heterocycles. The highest BCUT2D eigenvalue weighted by molar-refractivity contribution is 6.31. The fourth-order valence-corrected chi connectivity index (χ4v) is 4.37. The van der Waals surface area contributed by atoms with Gasteiger partial charge in [0.15, 0.2) is 0 Å². The highest BCUT2D eigenvalue weighted by Gasteiger charge is 2.29. The van der Waals surface area contributed by atoms with Gasteiger partial charge in [0.2, 0.25) is 12.3 Å². The number of carbonyl (C=O) groups is 1. The highest BCUT2D eigenvalue weighted by Crippen LogP contribution is 2.35. The maximum absolute atomic E-state index is 12.5. The summed E-state index contributed by atoms with van der Waals surface area (Å²) in [6.45, 7) is 0. The van der Waals surface area contributed by atoms with Crippen molar-refractivity contribution in [2.75, 3.05) is 4.90 Å². The largest absolute Gasteiger partial charge is 0.440 e. The summed E-state index contributed by atoms with van der Waals surface area (Å²) in [4.78, 5) is 33.6. The van der Waals surface area contributed by atoms with Crippen LogP contribution in [0.4, 0.5) is 11.6 Å². The summed E-state index contributed by atoms with van der Waals surface area (Å²) in [5, 5.41) is 12.4. The predicted octanol–water partition coefficient (Wildman–Crippen LogP) is 5.74. The molecule has 0 fully saturated rings. The van der Waals surface area contributed by atoms with Crippen LogP contribution in [-0.2, 0) is 18.3 Å².